The molecule has 13 heavy (non-hydrogen) atoms. The molecule has 0 unspecified atom stereocenters. The molecule has 0 spiro atoms. The van der Waals surface area contributed by atoms with E-state index in [1.807, 2.05) is 6.07 Å². The standard InChI is InChI=1S/C8H9N3OS/c1-2-13-8-5-6-9-7(12)3-4-11(6)10-8/h3-5,10H,2H2,1H3. The third-order valence-electron chi connectivity index (χ3n) is 1.63. The highest BCUT2D eigenvalue weighted by Gasteiger charge is 1.99. The van der Waals surface area contributed by atoms with E-state index in [1.165, 1.54) is 6.07 Å². The van der Waals surface area contributed by atoms with Crippen molar-refractivity contribution >= 4 is 17.4 Å². The summed E-state index contributed by atoms with van der Waals surface area (Å²) in [5.74, 6) is 0.998. The lowest BCUT2D eigenvalue weighted by atomic mass is 10.6. The van der Waals surface area contributed by atoms with Gasteiger partial charge in [0.15, 0.2) is 5.65 Å². The first kappa shape index (κ1) is 8.37. The summed E-state index contributed by atoms with van der Waals surface area (Å²) < 4.78 is 1.74. The molecule has 0 aliphatic carbocycles. The molecule has 1 N–H and O–H groups in total. The Morgan fingerprint density at radius 3 is 3.31 bits per heavy atom. The summed E-state index contributed by atoms with van der Waals surface area (Å²) in [7, 11) is 0. The average Bonchev–Trinajstić information content (AvgIpc) is 2.46. The summed E-state index contributed by atoms with van der Waals surface area (Å²) >= 11 is 1.69. The Morgan fingerprint density at radius 2 is 2.54 bits per heavy atom. The van der Waals surface area contributed by atoms with Crippen molar-refractivity contribution in [3.05, 3.63) is 28.7 Å². The van der Waals surface area contributed by atoms with Crippen molar-refractivity contribution in [3.63, 3.8) is 0 Å². The van der Waals surface area contributed by atoms with Crippen molar-refractivity contribution in [3.8, 4) is 0 Å². The van der Waals surface area contributed by atoms with Crippen molar-refractivity contribution in [2.24, 2.45) is 0 Å². The average molecular weight is 195 g/mol. The van der Waals surface area contributed by atoms with Crippen molar-refractivity contribution in [1.82, 2.24) is 14.6 Å². The molecule has 0 atom stereocenters. The summed E-state index contributed by atoms with van der Waals surface area (Å²) in [4.78, 5) is 14.7. The molecule has 0 saturated heterocycles. The van der Waals surface area contributed by atoms with Gasteiger partial charge in [-0.1, -0.05) is 6.92 Å². The van der Waals surface area contributed by atoms with E-state index in [0.717, 1.165) is 10.8 Å². The number of aromatic nitrogens is 3. The van der Waals surface area contributed by atoms with E-state index < -0.39 is 0 Å². The highest BCUT2D eigenvalue weighted by Crippen LogP contribution is 2.15. The quantitative estimate of drug-likeness (QED) is 0.731. The van der Waals surface area contributed by atoms with E-state index in [2.05, 4.69) is 17.0 Å². The van der Waals surface area contributed by atoms with Gasteiger partial charge in [-0.15, -0.1) is 11.8 Å². The summed E-state index contributed by atoms with van der Waals surface area (Å²) in [6.07, 6.45) is 1.68. The van der Waals surface area contributed by atoms with Crippen LogP contribution in [0.1, 0.15) is 6.92 Å². The zero-order valence-electron chi connectivity index (χ0n) is 7.15. The lowest BCUT2D eigenvalue weighted by molar-refractivity contribution is 0.883. The molecule has 0 aliphatic heterocycles. The van der Waals surface area contributed by atoms with Crippen molar-refractivity contribution in [1.29, 1.82) is 0 Å². The Balaban J connectivity index is 2.55. The zero-order valence-corrected chi connectivity index (χ0v) is 7.97. The zero-order chi connectivity index (χ0) is 9.26. The van der Waals surface area contributed by atoms with Gasteiger partial charge >= 0.3 is 0 Å². The van der Waals surface area contributed by atoms with Gasteiger partial charge in [-0.2, -0.15) is 4.98 Å². The van der Waals surface area contributed by atoms with E-state index in [-0.39, 0.29) is 5.56 Å². The highest BCUT2D eigenvalue weighted by atomic mass is 32.2. The van der Waals surface area contributed by atoms with Crippen LogP contribution in [0.5, 0.6) is 0 Å². The number of H-pyrrole nitrogens is 1. The number of fused-ring (bicyclic) bond motifs is 1. The predicted molar refractivity (Wildman–Crippen MR) is 52.2 cm³/mol. The van der Waals surface area contributed by atoms with Crippen LogP contribution in [0.2, 0.25) is 0 Å². The highest BCUT2D eigenvalue weighted by molar-refractivity contribution is 7.99. The molecular formula is C8H9N3OS. The molecule has 0 bridgehead atoms. The lowest BCUT2D eigenvalue weighted by Gasteiger charge is -1.90. The Kier molecular flexibility index (Phi) is 2.10. The normalized spacial score (nSPS) is 10.8. The van der Waals surface area contributed by atoms with E-state index in [1.54, 1.807) is 22.5 Å². The van der Waals surface area contributed by atoms with Crippen LogP contribution in [-0.2, 0) is 0 Å². The van der Waals surface area contributed by atoms with Crippen LogP contribution in [0.4, 0.5) is 0 Å². The maximum absolute atomic E-state index is 10.9. The molecule has 2 heterocycles. The van der Waals surface area contributed by atoms with Crippen LogP contribution in [0.15, 0.2) is 28.2 Å². The summed E-state index contributed by atoms with van der Waals surface area (Å²) in [6.45, 7) is 2.08. The summed E-state index contributed by atoms with van der Waals surface area (Å²) in [6, 6.07) is 3.31. The molecule has 2 aromatic rings. The number of hydrogen-bond acceptors (Lipinski definition) is 3. The second-order valence-corrected chi connectivity index (χ2v) is 3.85. The van der Waals surface area contributed by atoms with E-state index in [0.29, 0.717) is 5.65 Å². The topological polar surface area (TPSA) is 50.2 Å². The van der Waals surface area contributed by atoms with E-state index in [9.17, 15) is 4.79 Å². The number of hydrogen-bond donors (Lipinski definition) is 1. The molecule has 0 amide bonds. The Bertz CT molecular complexity index is 473. The molecule has 4 nitrogen and oxygen atoms in total. The summed E-state index contributed by atoms with van der Waals surface area (Å²) in [5.41, 5.74) is 0.468. The maximum atomic E-state index is 10.9. The second kappa shape index (κ2) is 3.26. The molecule has 0 fully saturated rings. The smallest absolute Gasteiger partial charge is 0.273 e. The first-order chi connectivity index (χ1) is 6.29. The maximum Gasteiger partial charge on any atom is 0.273 e. The minimum absolute atomic E-state index is 0.202. The molecule has 5 heteroatoms. The molecule has 0 radical (unpaired) electrons. The second-order valence-electron chi connectivity index (χ2n) is 2.55. The van der Waals surface area contributed by atoms with E-state index in [4.69, 9.17) is 0 Å². The van der Waals surface area contributed by atoms with Gasteiger partial charge in [-0.25, -0.2) is 4.52 Å². The van der Waals surface area contributed by atoms with Gasteiger partial charge in [0.25, 0.3) is 5.56 Å². The number of rotatable bonds is 2. The van der Waals surface area contributed by atoms with Crippen LogP contribution in [0.3, 0.4) is 0 Å². The summed E-state index contributed by atoms with van der Waals surface area (Å²) in [5, 5.41) is 4.13. The lowest BCUT2D eigenvalue weighted by Crippen LogP contribution is -2.05. The third kappa shape index (κ3) is 1.60. The van der Waals surface area contributed by atoms with Gasteiger partial charge in [0.1, 0.15) is 0 Å². The van der Waals surface area contributed by atoms with Crippen molar-refractivity contribution in [2.75, 3.05) is 5.75 Å². The van der Waals surface area contributed by atoms with E-state index >= 15 is 0 Å². The van der Waals surface area contributed by atoms with Gasteiger partial charge < -0.3 is 0 Å². The van der Waals surface area contributed by atoms with Gasteiger partial charge in [-0.3, -0.25) is 9.89 Å². The number of nitrogens with one attached hydrogen (secondary N) is 1. The van der Waals surface area contributed by atoms with Crippen molar-refractivity contribution < 1.29 is 0 Å². The molecule has 0 aliphatic rings. The molecule has 2 rings (SSSR count). The Morgan fingerprint density at radius 1 is 1.69 bits per heavy atom. The monoisotopic (exact) mass is 195 g/mol. The first-order valence-electron chi connectivity index (χ1n) is 4.01. The van der Waals surface area contributed by atoms with Gasteiger partial charge in [0.2, 0.25) is 0 Å². The number of thioether (sulfide) groups is 1. The molecule has 68 valence electrons. The predicted octanol–water partition coefficient (Wildman–Crippen LogP) is 1.13. The van der Waals surface area contributed by atoms with Crippen LogP contribution in [-0.4, -0.2) is 20.4 Å². The Hall–Kier alpha value is -1.23. The fraction of sp³-hybridized carbons (Fsp3) is 0.250. The fourth-order valence-corrected chi connectivity index (χ4v) is 1.78. The number of nitrogens with zero attached hydrogens (tertiary/aromatic N) is 2. The molecule has 2 aromatic heterocycles. The molecular weight excluding hydrogens is 186 g/mol. The van der Waals surface area contributed by atoms with Crippen LogP contribution in [0.25, 0.3) is 5.65 Å². The largest absolute Gasteiger partial charge is 0.286 e. The van der Waals surface area contributed by atoms with Gasteiger partial charge in [0.05, 0.1) is 5.03 Å². The number of aromatic amines is 1. The van der Waals surface area contributed by atoms with Crippen LogP contribution in [0, 0.1) is 0 Å². The molecule has 0 aromatic carbocycles. The minimum Gasteiger partial charge on any atom is -0.286 e. The van der Waals surface area contributed by atoms with Crippen LogP contribution < -0.4 is 5.56 Å². The molecule has 0 saturated carbocycles. The fourth-order valence-electron chi connectivity index (χ4n) is 1.11. The minimum atomic E-state index is -0.202. The SMILES string of the molecule is CCSc1cc2nc(=O)ccn2[nH]1. The van der Waals surface area contributed by atoms with Crippen LogP contribution >= 0.6 is 11.8 Å². The van der Waals surface area contributed by atoms with Gasteiger partial charge in [-0.05, 0) is 5.75 Å². The first-order valence-corrected chi connectivity index (χ1v) is 4.99. The van der Waals surface area contributed by atoms with Gasteiger partial charge in [0, 0.05) is 18.3 Å². The van der Waals surface area contributed by atoms with Crippen molar-refractivity contribution in [2.45, 2.75) is 11.9 Å². The Labute approximate surface area is 79.0 Å². The third-order valence-corrected chi connectivity index (χ3v) is 2.44.